The summed E-state index contributed by atoms with van der Waals surface area (Å²) in [5.41, 5.74) is 7.72. The van der Waals surface area contributed by atoms with Crippen LogP contribution in [0.5, 0.6) is 0 Å². The summed E-state index contributed by atoms with van der Waals surface area (Å²) in [4.78, 5) is 13.6. The highest BCUT2D eigenvalue weighted by Crippen LogP contribution is 2.30. The van der Waals surface area contributed by atoms with Crippen molar-refractivity contribution in [3.63, 3.8) is 0 Å². The van der Waals surface area contributed by atoms with Gasteiger partial charge in [0.1, 0.15) is 0 Å². The molecule has 0 unspecified atom stereocenters. The first kappa shape index (κ1) is 21.4. The van der Waals surface area contributed by atoms with Crippen molar-refractivity contribution < 1.29 is 13.2 Å². The maximum absolute atomic E-state index is 12.9. The largest absolute Gasteiger partial charge is 0.345 e. The lowest BCUT2D eigenvalue weighted by molar-refractivity contribution is 0.0827. The van der Waals surface area contributed by atoms with Crippen LogP contribution in [0.15, 0.2) is 59.5 Å². The lowest BCUT2D eigenvalue weighted by Crippen LogP contribution is -2.32. The Kier molecular flexibility index (Phi) is 6.64. The second kappa shape index (κ2) is 8.39. The Morgan fingerprint density at radius 3 is 2.19 bits per heavy atom. The van der Waals surface area contributed by atoms with Crippen molar-refractivity contribution in [2.75, 3.05) is 27.2 Å². The van der Waals surface area contributed by atoms with Gasteiger partial charge in [-0.2, -0.15) is 4.31 Å². The number of hydrogen-bond donors (Lipinski definition) is 1. The van der Waals surface area contributed by atoms with Crippen LogP contribution in [0.4, 0.5) is 0 Å². The van der Waals surface area contributed by atoms with Crippen molar-refractivity contribution in [3.8, 4) is 0 Å². The van der Waals surface area contributed by atoms with E-state index in [1.54, 1.807) is 26.2 Å². The van der Waals surface area contributed by atoms with Gasteiger partial charge < -0.3 is 10.6 Å². The number of sulfonamides is 1. The normalized spacial score (nSPS) is 20.1. The van der Waals surface area contributed by atoms with E-state index in [1.807, 2.05) is 30.3 Å². The highest BCUT2D eigenvalue weighted by atomic mass is 35.5. The molecule has 146 valence electrons. The maximum atomic E-state index is 12.9. The van der Waals surface area contributed by atoms with Crippen LogP contribution in [0, 0.1) is 0 Å². The quantitative estimate of drug-likeness (QED) is 0.836. The molecule has 0 aliphatic carbocycles. The van der Waals surface area contributed by atoms with Crippen LogP contribution in [0.25, 0.3) is 0 Å². The van der Waals surface area contributed by atoms with Crippen LogP contribution in [-0.2, 0) is 10.0 Å². The molecule has 8 heteroatoms. The van der Waals surface area contributed by atoms with E-state index in [-0.39, 0.29) is 41.7 Å². The molecule has 2 aromatic carbocycles. The predicted octanol–water partition coefficient (Wildman–Crippen LogP) is 1.93. The summed E-state index contributed by atoms with van der Waals surface area (Å²) in [5, 5.41) is 0. The fourth-order valence-electron chi connectivity index (χ4n) is 3.22. The van der Waals surface area contributed by atoms with E-state index in [0.29, 0.717) is 12.1 Å². The Bertz CT molecular complexity index is 886. The third-order valence-corrected chi connectivity index (χ3v) is 6.55. The van der Waals surface area contributed by atoms with Gasteiger partial charge in [-0.25, -0.2) is 8.42 Å². The van der Waals surface area contributed by atoms with Gasteiger partial charge in [-0.05, 0) is 29.8 Å². The van der Waals surface area contributed by atoms with Gasteiger partial charge in [0.25, 0.3) is 5.91 Å². The lowest BCUT2D eigenvalue weighted by atomic mass is 9.95. The molecule has 1 heterocycles. The highest BCUT2D eigenvalue weighted by Gasteiger charge is 2.38. The summed E-state index contributed by atoms with van der Waals surface area (Å²) in [6, 6.07) is 15.5. The molecule has 6 nitrogen and oxygen atoms in total. The third kappa shape index (κ3) is 4.32. The van der Waals surface area contributed by atoms with Crippen molar-refractivity contribution in [3.05, 3.63) is 65.7 Å². The molecule has 27 heavy (non-hydrogen) atoms. The van der Waals surface area contributed by atoms with Gasteiger partial charge in [-0.3, -0.25) is 4.79 Å². The molecule has 0 bridgehead atoms. The number of nitrogens with two attached hydrogens (primary N) is 1. The number of benzene rings is 2. The Hall–Kier alpha value is -1.93. The first-order valence-corrected chi connectivity index (χ1v) is 9.87. The minimum absolute atomic E-state index is 0. The summed E-state index contributed by atoms with van der Waals surface area (Å²) in [6.45, 7) is 0.631. The Morgan fingerprint density at radius 1 is 1.04 bits per heavy atom. The zero-order chi connectivity index (χ0) is 18.9. The zero-order valence-electron chi connectivity index (χ0n) is 15.3. The van der Waals surface area contributed by atoms with Crippen molar-refractivity contribution in [1.82, 2.24) is 9.21 Å². The molecule has 3 rings (SSSR count). The minimum Gasteiger partial charge on any atom is -0.345 e. The molecule has 0 spiro atoms. The molecule has 2 N–H and O–H groups in total. The maximum Gasteiger partial charge on any atom is 0.253 e. The number of amides is 1. The molecule has 0 radical (unpaired) electrons. The van der Waals surface area contributed by atoms with Gasteiger partial charge in [0, 0.05) is 44.7 Å². The van der Waals surface area contributed by atoms with E-state index in [9.17, 15) is 13.2 Å². The first-order chi connectivity index (χ1) is 12.3. The van der Waals surface area contributed by atoms with Crippen LogP contribution < -0.4 is 5.73 Å². The van der Waals surface area contributed by atoms with Crippen LogP contribution in [0.3, 0.4) is 0 Å². The molecule has 2 aromatic rings. The average molecular weight is 410 g/mol. The van der Waals surface area contributed by atoms with Gasteiger partial charge in [0.05, 0.1) is 4.90 Å². The average Bonchev–Trinajstić information content (AvgIpc) is 3.04. The highest BCUT2D eigenvalue weighted by molar-refractivity contribution is 7.89. The minimum atomic E-state index is -3.65. The molecular weight excluding hydrogens is 386 g/mol. The number of halogens is 1. The van der Waals surface area contributed by atoms with Crippen molar-refractivity contribution in [2.45, 2.75) is 16.9 Å². The molecule has 1 aliphatic heterocycles. The standard InChI is InChI=1S/C19H23N3O3S.ClH/c1-21(2)19(23)15-8-10-16(11-9-15)26(24,25)22-12-17(18(20)13-22)14-6-4-3-5-7-14;/h3-11,17-18H,12-13,20H2,1-2H3;1H/t17-,18+;/m0./s1. The van der Waals surface area contributed by atoms with E-state index in [1.165, 1.54) is 21.3 Å². The lowest BCUT2D eigenvalue weighted by Gasteiger charge is -2.17. The van der Waals surface area contributed by atoms with Crippen LogP contribution in [-0.4, -0.2) is 56.8 Å². The molecule has 2 atom stereocenters. The third-order valence-electron chi connectivity index (χ3n) is 4.70. The first-order valence-electron chi connectivity index (χ1n) is 8.43. The molecule has 0 saturated carbocycles. The summed E-state index contributed by atoms with van der Waals surface area (Å²) < 4.78 is 27.3. The van der Waals surface area contributed by atoms with Gasteiger partial charge in [-0.1, -0.05) is 30.3 Å². The van der Waals surface area contributed by atoms with E-state index in [4.69, 9.17) is 5.73 Å². The molecule has 1 amide bonds. The second-order valence-corrected chi connectivity index (χ2v) is 8.66. The Balaban J connectivity index is 0.00000261. The summed E-state index contributed by atoms with van der Waals surface area (Å²) >= 11 is 0. The van der Waals surface area contributed by atoms with E-state index in [0.717, 1.165) is 5.56 Å². The zero-order valence-corrected chi connectivity index (χ0v) is 16.9. The van der Waals surface area contributed by atoms with Gasteiger partial charge in [-0.15, -0.1) is 12.4 Å². The summed E-state index contributed by atoms with van der Waals surface area (Å²) in [6.07, 6.45) is 0. The summed E-state index contributed by atoms with van der Waals surface area (Å²) in [7, 11) is -0.337. The van der Waals surface area contributed by atoms with E-state index < -0.39 is 10.0 Å². The SMILES string of the molecule is CN(C)C(=O)c1ccc(S(=O)(=O)N2C[C@@H](N)[C@H](c3ccccc3)C2)cc1.Cl. The number of nitrogens with zero attached hydrogens (tertiary/aromatic N) is 2. The van der Waals surface area contributed by atoms with Gasteiger partial charge in [0.2, 0.25) is 10.0 Å². The van der Waals surface area contributed by atoms with Crippen LogP contribution in [0.2, 0.25) is 0 Å². The van der Waals surface area contributed by atoms with Crippen LogP contribution >= 0.6 is 12.4 Å². The molecule has 1 fully saturated rings. The number of carbonyl (C=O) groups is 1. The van der Waals surface area contributed by atoms with E-state index in [2.05, 4.69) is 0 Å². The van der Waals surface area contributed by atoms with E-state index >= 15 is 0 Å². The predicted molar refractivity (Wildman–Crippen MR) is 108 cm³/mol. The fraction of sp³-hybridized carbons (Fsp3) is 0.316. The van der Waals surface area contributed by atoms with Gasteiger partial charge >= 0.3 is 0 Å². The molecular formula is C19H24ClN3O3S. The Morgan fingerprint density at radius 2 is 1.63 bits per heavy atom. The topological polar surface area (TPSA) is 83.7 Å². The van der Waals surface area contributed by atoms with Crippen molar-refractivity contribution in [2.24, 2.45) is 5.73 Å². The smallest absolute Gasteiger partial charge is 0.253 e. The molecule has 1 aliphatic rings. The molecule has 0 aromatic heterocycles. The monoisotopic (exact) mass is 409 g/mol. The number of rotatable bonds is 4. The fourth-order valence-corrected chi connectivity index (χ4v) is 4.72. The Labute approximate surface area is 166 Å². The molecule has 1 saturated heterocycles. The number of carbonyl (C=O) groups excluding carboxylic acids is 1. The summed E-state index contributed by atoms with van der Waals surface area (Å²) in [5.74, 6) is -0.193. The van der Waals surface area contributed by atoms with Crippen molar-refractivity contribution >= 4 is 28.3 Å². The van der Waals surface area contributed by atoms with Crippen LogP contribution in [0.1, 0.15) is 21.8 Å². The van der Waals surface area contributed by atoms with Crippen molar-refractivity contribution in [1.29, 1.82) is 0 Å². The number of hydrogen-bond acceptors (Lipinski definition) is 4. The second-order valence-electron chi connectivity index (χ2n) is 6.73. The van der Waals surface area contributed by atoms with Gasteiger partial charge in [0.15, 0.2) is 0 Å².